The molecule has 0 unspecified atom stereocenters. The predicted molar refractivity (Wildman–Crippen MR) is 74.4 cm³/mol. The Balaban J connectivity index is 2.34. The molecule has 114 valence electrons. The van der Waals surface area contributed by atoms with Crippen LogP contribution in [-0.4, -0.2) is 51.9 Å². The van der Waals surface area contributed by atoms with Gasteiger partial charge >= 0.3 is 6.03 Å². The fraction of sp³-hybridized carbons (Fsp3) is 0.769. The third kappa shape index (κ3) is 5.56. The van der Waals surface area contributed by atoms with E-state index in [1.54, 1.807) is 20.9 Å². The predicted octanol–water partition coefficient (Wildman–Crippen LogP) is 1.15. The molecule has 0 bridgehead atoms. The SMILES string of the molecule is CC(C)c1noc(CCNC(=O)N(C)CC(C)(C)O)n1. The molecule has 2 amide bonds. The molecule has 7 heteroatoms. The van der Waals surface area contributed by atoms with Crippen molar-refractivity contribution < 1.29 is 14.4 Å². The van der Waals surface area contributed by atoms with Gasteiger partial charge in [0.1, 0.15) is 0 Å². The van der Waals surface area contributed by atoms with Gasteiger partial charge in [0, 0.05) is 25.9 Å². The Morgan fingerprint density at radius 1 is 1.50 bits per heavy atom. The normalized spacial score (nSPS) is 11.8. The Kier molecular flexibility index (Phi) is 5.50. The van der Waals surface area contributed by atoms with Crippen LogP contribution in [-0.2, 0) is 6.42 Å². The minimum atomic E-state index is -0.912. The van der Waals surface area contributed by atoms with Gasteiger partial charge in [-0.3, -0.25) is 0 Å². The van der Waals surface area contributed by atoms with Gasteiger partial charge in [0.25, 0.3) is 0 Å². The average molecular weight is 284 g/mol. The zero-order valence-electron chi connectivity index (χ0n) is 12.8. The standard InChI is InChI=1S/C13H24N4O3/c1-9(2)11-15-10(20-16-11)6-7-14-12(18)17(5)8-13(3,4)19/h9,19H,6-8H2,1-5H3,(H,14,18). The van der Waals surface area contributed by atoms with E-state index in [1.807, 2.05) is 13.8 Å². The number of carbonyl (C=O) groups is 1. The minimum absolute atomic E-state index is 0.222. The Bertz CT molecular complexity index is 437. The first-order chi connectivity index (χ1) is 9.19. The molecule has 1 rings (SSSR count). The van der Waals surface area contributed by atoms with E-state index >= 15 is 0 Å². The summed E-state index contributed by atoms with van der Waals surface area (Å²) >= 11 is 0. The fourth-order valence-electron chi connectivity index (χ4n) is 1.67. The quantitative estimate of drug-likeness (QED) is 0.817. The van der Waals surface area contributed by atoms with Crippen LogP contribution in [0.3, 0.4) is 0 Å². The number of aliphatic hydroxyl groups is 1. The highest BCUT2D eigenvalue weighted by molar-refractivity contribution is 5.73. The summed E-state index contributed by atoms with van der Waals surface area (Å²) in [5.41, 5.74) is -0.912. The second-order valence-corrected chi connectivity index (χ2v) is 5.85. The highest BCUT2D eigenvalue weighted by Crippen LogP contribution is 2.09. The molecule has 1 aromatic rings. The molecule has 0 saturated carbocycles. The van der Waals surface area contributed by atoms with Crippen LogP contribution >= 0.6 is 0 Å². The minimum Gasteiger partial charge on any atom is -0.389 e. The fourth-order valence-corrected chi connectivity index (χ4v) is 1.67. The van der Waals surface area contributed by atoms with E-state index in [0.717, 1.165) is 0 Å². The van der Waals surface area contributed by atoms with Crippen molar-refractivity contribution in [2.75, 3.05) is 20.1 Å². The molecule has 0 atom stereocenters. The van der Waals surface area contributed by atoms with E-state index in [2.05, 4.69) is 15.5 Å². The highest BCUT2D eigenvalue weighted by atomic mass is 16.5. The third-order valence-corrected chi connectivity index (χ3v) is 2.59. The molecule has 0 saturated heterocycles. The van der Waals surface area contributed by atoms with Gasteiger partial charge in [-0.05, 0) is 13.8 Å². The summed E-state index contributed by atoms with van der Waals surface area (Å²) in [5, 5.41) is 16.2. The second kappa shape index (κ2) is 6.69. The maximum atomic E-state index is 11.8. The van der Waals surface area contributed by atoms with E-state index in [9.17, 15) is 9.90 Å². The Labute approximate surface area is 119 Å². The third-order valence-electron chi connectivity index (χ3n) is 2.59. The van der Waals surface area contributed by atoms with Gasteiger partial charge in [-0.25, -0.2) is 4.79 Å². The molecule has 0 aliphatic rings. The van der Waals surface area contributed by atoms with Gasteiger partial charge in [0.2, 0.25) is 5.89 Å². The molecule has 20 heavy (non-hydrogen) atoms. The van der Waals surface area contributed by atoms with Crippen LogP contribution in [0.1, 0.15) is 45.3 Å². The number of hydrogen-bond donors (Lipinski definition) is 2. The molecule has 0 radical (unpaired) electrons. The lowest BCUT2D eigenvalue weighted by Crippen LogP contribution is -2.45. The summed E-state index contributed by atoms with van der Waals surface area (Å²) in [6.45, 7) is 7.96. The van der Waals surface area contributed by atoms with Gasteiger partial charge < -0.3 is 19.8 Å². The van der Waals surface area contributed by atoms with Crippen LogP contribution in [0.5, 0.6) is 0 Å². The van der Waals surface area contributed by atoms with E-state index in [-0.39, 0.29) is 18.5 Å². The van der Waals surface area contributed by atoms with Crippen molar-refractivity contribution in [3.63, 3.8) is 0 Å². The Morgan fingerprint density at radius 3 is 2.65 bits per heavy atom. The smallest absolute Gasteiger partial charge is 0.317 e. The lowest BCUT2D eigenvalue weighted by molar-refractivity contribution is 0.0532. The zero-order valence-corrected chi connectivity index (χ0v) is 12.8. The first-order valence-electron chi connectivity index (χ1n) is 6.73. The van der Waals surface area contributed by atoms with Gasteiger partial charge in [0.05, 0.1) is 12.1 Å². The van der Waals surface area contributed by atoms with E-state index in [0.29, 0.717) is 24.7 Å². The first kappa shape index (κ1) is 16.4. The number of carbonyl (C=O) groups excluding carboxylic acids is 1. The number of amides is 2. The van der Waals surface area contributed by atoms with E-state index in [4.69, 9.17) is 4.52 Å². The zero-order chi connectivity index (χ0) is 15.3. The second-order valence-electron chi connectivity index (χ2n) is 5.85. The first-order valence-corrected chi connectivity index (χ1v) is 6.73. The van der Waals surface area contributed by atoms with Crippen LogP contribution in [0.2, 0.25) is 0 Å². The van der Waals surface area contributed by atoms with Gasteiger partial charge in [-0.15, -0.1) is 0 Å². The van der Waals surface area contributed by atoms with Crippen molar-refractivity contribution in [2.45, 2.75) is 45.6 Å². The lowest BCUT2D eigenvalue weighted by Gasteiger charge is -2.25. The number of nitrogens with zero attached hydrogens (tertiary/aromatic N) is 3. The molecule has 0 aliphatic carbocycles. The molecular formula is C13H24N4O3. The van der Waals surface area contributed by atoms with Crippen LogP contribution < -0.4 is 5.32 Å². The van der Waals surface area contributed by atoms with Crippen LogP contribution in [0.15, 0.2) is 4.52 Å². The van der Waals surface area contributed by atoms with Crippen LogP contribution in [0, 0.1) is 0 Å². The molecule has 2 N–H and O–H groups in total. The van der Waals surface area contributed by atoms with Crippen molar-refractivity contribution in [1.82, 2.24) is 20.4 Å². The monoisotopic (exact) mass is 284 g/mol. The number of aromatic nitrogens is 2. The van der Waals surface area contributed by atoms with E-state index < -0.39 is 5.60 Å². The summed E-state index contributed by atoms with van der Waals surface area (Å²) < 4.78 is 5.08. The lowest BCUT2D eigenvalue weighted by atomic mass is 10.1. The molecule has 0 aromatic carbocycles. The number of likely N-dealkylation sites (N-methyl/N-ethyl adjacent to an activating group) is 1. The molecule has 1 heterocycles. The average Bonchev–Trinajstić information content (AvgIpc) is 2.75. The highest BCUT2D eigenvalue weighted by Gasteiger charge is 2.19. The maximum Gasteiger partial charge on any atom is 0.317 e. The maximum absolute atomic E-state index is 11.8. The van der Waals surface area contributed by atoms with Crippen molar-refractivity contribution in [1.29, 1.82) is 0 Å². The largest absolute Gasteiger partial charge is 0.389 e. The van der Waals surface area contributed by atoms with Gasteiger partial charge in [-0.2, -0.15) is 4.98 Å². The van der Waals surface area contributed by atoms with Crippen molar-refractivity contribution in [3.8, 4) is 0 Å². The summed E-state index contributed by atoms with van der Waals surface area (Å²) in [7, 11) is 1.64. The van der Waals surface area contributed by atoms with Crippen molar-refractivity contribution >= 4 is 6.03 Å². The number of rotatable bonds is 6. The molecular weight excluding hydrogens is 260 g/mol. The van der Waals surface area contributed by atoms with Gasteiger partial charge in [0.15, 0.2) is 5.82 Å². The molecule has 0 spiro atoms. The van der Waals surface area contributed by atoms with Gasteiger partial charge in [-0.1, -0.05) is 19.0 Å². The Hall–Kier alpha value is -1.63. The molecule has 1 aromatic heterocycles. The summed E-state index contributed by atoms with van der Waals surface area (Å²) in [5.74, 6) is 1.41. The van der Waals surface area contributed by atoms with Crippen molar-refractivity contribution in [3.05, 3.63) is 11.7 Å². The summed E-state index contributed by atoms with van der Waals surface area (Å²) in [4.78, 5) is 17.4. The molecule has 0 aliphatic heterocycles. The Morgan fingerprint density at radius 2 is 2.15 bits per heavy atom. The number of urea groups is 1. The molecule has 0 fully saturated rings. The number of nitrogens with one attached hydrogen (secondary N) is 1. The van der Waals surface area contributed by atoms with Crippen LogP contribution in [0.4, 0.5) is 4.79 Å². The topological polar surface area (TPSA) is 91.5 Å². The van der Waals surface area contributed by atoms with Crippen molar-refractivity contribution in [2.24, 2.45) is 0 Å². The van der Waals surface area contributed by atoms with E-state index in [1.165, 1.54) is 4.90 Å². The van der Waals surface area contributed by atoms with Crippen LogP contribution in [0.25, 0.3) is 0 Å². The molecule has 7 nitrogen and oxygen atoms in total. The summed E-state index contributed by atoms with van der Waals surface area (Å²) in [6.07, 6.45) is 0.488. The summed E-state index contributed by atoms with van der Waals surface area (Å²) in [6, 6.07) is -0.240. The number of hydrogen-bond acceptors (Lipinski definition) is 5.